The third-order valence-corrected chi connectivity index (χ3v) is 6.96. The Balaban J connectivity index is 1.01. The summed E-state index contributed by atoms with van der Waals surface area (Å²) in [5.41, 5.74) is 28.0. The fourth-order valence-corrected chi connectivity index (χ4v) is 4.57. The minimum absolute atomic E-state index is 0.0222. The van der Waals surface area contributed by atoms with Gasteiger partial charge in [-0.15, -0.1) is 0 Å². The van der Waals surface area contributed by atoms with E-state index in [4.69, 9.17) is 22.9 Å². The molecule has 14 nitrogen and oxygen atoms in total. The van der Waals surface area contributed by atoms with Gasteiger partial charge in [0, 0.05) is 33.6 Å². The number of carbonyl (C=O) groups excluding carboxylic acids is 2. The summed E-state index contributed by atoms with van der Waals surface area (Å²) in [5, 5.41) is 5.78. The van der Waals surface area contributed by atoms with Crippen molar-refractivity contribution in [3.05, 3.63) is 119 Å². The highest BCUT2D eigenvalue weighted by molar-refractivity contribution is 6.05. The summed E-state index contributed by atoms with van der Waals surface area (Å²) in [6, 6.07) is 28.4. The SMILES string of the molecule is Nc1nc(N)nc(-c2ccc(C(=O)Nc3ccc(/C=C/c4ccc(NC(=O)c5ccc(-c6nc(N)nc(N)n6)cc5)cc4)cc3)cc2)n1. The molecule has 14 heteroatoms. The number of aromatic nitrogens is 6. The summed E-state index contributed by atoms with van der Waals surface area (Å²) in [5.74, 6) is 0.215. The Morgan fingerprint density at radius 3 is 1.06 bits per heavy atom. The van der Waals surface area contributed by atoms with Gasteiger partial charge in [0.25, 0.3) is 11.8 Å². The third kappa shape index (κ3) is 7.52. The van der Waals surface area contributed by atoms with Gasteiger partial charge in [-0.1, -0.05) is 60.7 Å². The Labute approximate surface area is 274 Å². The first-order valence-corrected chi connectivity index (χ1v) is 14.4. The van der Waals surface area contributed by atoms with E-state index in [1.807, 2.05) is 60.7 Å². The Morgan fingerprint density at radius 2 is 0.750 bits per heavy atom. The Morgan fingerprint density at radius 1 is 0.438 bits per heavy atom. The van der Waals surface area contributed by atoms with Crippen LogP contribution in [0, 0.1) is 0 Å². The molecule has 0 unspecified atom stereocenters. The van der Waals surface area contributed by atoms with Crippen molar-refractivity contribution in [1.29, 1.82) is 0 Å². The van der Waals surface area contributed by atoms with E-state index >= 15 is 0 Å². The van der Waals surface area contributed by atoms with E-state index in [0.29, 0.717) is 45.3 Å². The number of nitrogens with two attached hydrogens (primary N) is 4. The zero-order chi connectivity index (χ0) is 33.6. The first-order valence-electron chi connectivity index (χ1n) is 14.4. The maximum Gasteiger partial charge on any atom is 0.255 e. The number of nitrogen functional groups attached to an aromatic ring is 4. The van der Waals surface area contributed by atoms with E-state index in [-0.39, 0.29) is 35.6 Å². The van der Waals surface area contributed by atoms with Gasteiger partial charge in [-0.25, -0.2) is 0 Å². The standard InChI is InChI=1S/C34H28N12O2/c35-31-41-27(42-32(36)45-31)21-7-11-23(12-8-21)29(47)39-25-15-3-19(4-16-25)1-2-20-5-17-26(18-6-20)40-30(48)24-13-9-22(10-14-24)28-43-33(37)46-34(38)44-28/h1-18H,(H,39,47)(H,40,48)(H4,35,36,41,42,45)(H4,37,38,43,44,46)/b2-1+. The molecule has 0 radical (unpaired) electrons. The highest BCUT2D eigenvalue weighted by Gasteiger charge is 2.11. The van der Waals surface area contributed by atoms with Gasteiger partial charge < -0.3 is 33.6 Å². The molecule has 0 aliphatic carbocycles. The predicted molar refractivity (Wildman–Crippen MR) is 186 cm³/mol. The van der Waals surface area contributed by atoms with E-state index in [2.05, 4.69) is 40.5 Å². The van der Waals surface area contributed by atoms with Gasteiger partial charge in [-0.05, 0) is 59.7 Å². The molecule has 2 amide bonds. The second-order valence-corrected chi connectivity index (χ2v) is 10.4. The highest BCUT2D eigenvalue weighted by atomic mass is 16.2. The number of amides is 2. The number of carbonyl (C=O) groups is 2. The average molecular weight is 637 g/mol. The van der Waals surface area contributed by atoms with Gasteiger partial charge in [0.05, 0.1) is 0 Å². The summed E-state index contributed by atoms with van der Waals surface area (Å²) >= 11 is 0. The third-order valence-electron chi connectivity index (χ3n) is 6.96. The van der Waals surface area contributed by atoms with Crippen LogP contribution in [0.5, 0.6) is 0 Å². The van der Waals surface area contributed by atoms with E-state index in [1.54, 1.807) is 48.5 Å². The van der Waals surface area contributed by atoms with Gasteiger partial charge >= 0.3 is 0 Å². The fraction of sp³-hybridized carbons (Fsp3) is 0. The van der Waals surface area contributed by atoms with E-state index < -0.39 is 0 Å². The van der Waals surface area contributed by atoms with Gasteiger partial charge in [-0.2, -0.15) is 29.9 Å². The van der Waals surface area contributed by atoms with Crippen LogP contribution >= 0.6 is 0 Å². The molecule has 0 bridgehead atoms. The lowest BCUT2D eigenvalue weighted by Crippen LogP contribution is -2.11. The molecule has 0 fully saturated rings. The zero-order valence-electron chi connectivity index (χ0n) is 25.2. The number of hydrogen-bond donors (Lipinski definition) is 6. The summed E-state index contributed by atoms with van der Waals surface area (Å²) < 4.78 is 0. The van der Waals surface area contributed by atoms with Crippen LogP contribution in [0.3, 0.4) is 0 Å². The highest BCUT2D eigenvalue weighted by Crippen LogP contribution is 2.21. The van der Waals surface area contributed by atoms with Gasteiger partial charge in [0.2, 0.25) is 23.8 Å². The monoisotopic (exact) mass is 636 g/mol. The summed E-state index contributed by atoms with van der Waals surface area (Å²) in [7, 11) is 0. The molecule has 0 aliphatic heterocycles. The number of rotatable bonds is 8. The van der Waals surface area contributed by atoms with Gasteiger partial charge in [0.15, 0.2) is 11.6 Å². The van der Waals surface area contributed by atoms with Crippen molar-refractivity contribution >= 4 is 59.1 Å². The lowest BCUT2D eigenvalue weighted by Gasteiger charge is -2.07. The molecule has 10 N–H and O–H groups in total. The van der Waals surface area contributed by atoms with Gasteiger partial charge in [-0.3, -0.25) is 9.59 Å². The van der Waals surface area contributed by atoms with E-state index in [0.717, 1.165) is 11.1 Å². The molecule has 6 rings (SSSR count). The first-order chi connectivity index (χ1) is 23.2. The predicted octanol–water partition coefficient (Wildman–Crippen LogP) is 4.39. The van der Waals surface area contributed by atoms with Crippen molar-refractivity contribution in [3.63, 3.8) is 0 Å². The molecular formula is C34H28N12O2. The van der Waals surface area contributed by atoms with Crippen molar-refractivity contribution in [1.82, 2.24) is 29.9 Å². The minimum Gasteiger partial charge on any atom is -0.368 e. The Bertz CT molecular complexity index is 1940. The van der Waals surface area contributed by atoms with Crippen LogP contribution in [0.15, 0.2) is 97.1 Å². The average Bonchev–Trinajstić information content (AvgIpc) is 3.08. The van der Waals surface area contributed by atoms with E-state index in [1.165, 1.54) is 0 Å². The van der Waals surface area contributed by atoms with Crippen LogP contribution in [0.25, 0.3) is 34.9 Å². The first kappa shape index (κ1) is 30.8. The maximum absolute atomic E-state index is 12.8. The second kappa shape index (κ2) is 13.4. The summed E-state index contributed by atoms with van der Waals surface area (Å²) in [6.45, 7) is 0. The molecule has 6 aromatic rings. The molecule has 2 heterocycles. The van der Waals surface area contributed by atoms with Crippen molar-refractivity contribution in [2.24, 2.45) is 0 Å². The van der Waals surface area contributed by atoms with Crippen LogP contribution in [0.2, 0.25) is 0 Å². The van der Waals surface area contributed by atoms with Gasteiger partial charge in [0.1, 0.15) is 0 Å². The van der Waals surface area contributed by atoms with Crippen LogP contribution in [0.4, 0.5) is 35.2 Å². The smallest absolute Gasteiger partial charge is 0.255 e. The maximum atomic E-state index is 12.8. The summed E-state index contributed by atoms with van der Waals surface area (Å²) in [6.07, 6.45) is 3.90. The van der Waals surface area contributed by atoms with Crippen LogP contribution in [-0.2, 0) is 0 Å². The number of hydrogen-bond acceptors (Lipinski definition) is 12. The largest absolute Gasteiger partial charge is 0.368 e. The normalized spacial score (nSPS) is 10.9. The van der Waals surface area contributed by atoms with Crippen LogP contribution in [0.1, 0.15) is 31.8 Å². The number of anilines is 6. The molecule has 0 atom stereocenters. The lowest BCUT2D eigenvalue weighted by atomic mass is 10.1. The second-order valence-electron chi connectivity index (χ2n) is 10.4. The molecule has 2 aromatic heterocycles. The fourth-order valence-electron chi connectivity index (χ4n) is 4.57. The van der Waals surface area contributed by atoms with Crippen molar-refractivity contribution in [2.75, 3.05) is 33.6 Å². The van der Waals surface area contributed by atoms with Crippen LogP contribution in [-0.4, -0.2) is 41.7 Å². The Kier molecular flexibility index (Phi) is 8.61. The zero-order valence-corrected chi connectivity index (χ0v) is 25.2. The number of nitrogens with zero attached hydrogens (tertiary/aromatic N) is 6. The van der Waals surface area contributed by atoms with Crippen molar-refractivity contribution < 1.29 is 9.59 Å². The molecule has 4 aromatic carbocycles. The Hall–Kier alpha value is -7.22. The molecular weight excluding hydrogens is 608 g/mol. The van der Waals surface area contributed by atoms with Crippen LogP contribution < -0.4 is 33.6 Å². The quantitative estimate of drug-likeness (QED) is 0.127. The van der Waals surface area contributed by atoms with Crippen molar-refractivity contribution in [3.8, 4) is 22.8 Å². The van der Waals surface area contributed by atoms with E-state index in [9.17, 15) is 9.59 Å². The molecule has 236 valence electrons. The minimum atomic E-state index is -0.264. The molecule has 0 aliphatic rings. The number of benzene rings is 4. The summed E-state index contributed by atoms with van der Waals surface area (Å²) in [4.78, 5) is 49.4. The molecule has 48 heavy (non-hydrogen) atoms. The number of nitrogens with one attached hydrogen (secondary N) is 2. The topological polar surface area (TPSA) is 240 Å². The molecule has 0 spiro atoms. The molecule has 0 saturated carbocycles. The lowest BCUT2D eigenvalue weighted by molar-refractivity contribution is 0.101. The molecule has 0 saturated heterocycles. The van der Waals surface area contributed by atoms with Crippen molar-refractivity contribution in [2.45, 2.75) is 0 Å².